The van der Waals surface area contributed by atoms with Gasteiger partial charge in [-0.25, -0.2) is 0 Å². The molecule has 3 N–H and O–H groups in total. The molecule has 0 fully saturated rings. The highest BCUT2D eigenvalue weighted by atomic mass is 79.9. The topological polar surface area (TPSA) is 52.5 Å². The summed E-state index contributed by atoms with van der Waals surface area (Å²) in [5.74, 6) is 0.424. The first-order valence-corrected chi connectivity index (χ1v) is 4.47. The number of hydrogen-bond acceptors (Lipinski definition) is 3. The summed E-state index contributed by atoms with van der Waals surface area (Å²) in [5.41, 5.74) is 1.36. The summed E-state index contributed by atoms with van der Waals surface area (Å²) in [5, 5.41) is 22.0. The summed E-state index contributed by atoms with van der Waals surface area (Å²) < 4.78 is 0. The van der Waals surface area contributed by atoms with Gasteiger partial charge in [0.05, 0.1) is 5.69 Å². The Balaban J connectivity index is 0.00000169. The predicted octanol–water partition coefficient (Wildman–Crippen LogP) is 2.67. The van der Waals surface area contributed by atoms with Crippen LogP contribution in [0.15, 0.2) is 12.1 Å². The molecule has 0 radical (unpaired) electrons. The molecule has 0 aliphatic rings. The smallest absolute Gasteiger partial charge is 0.142 e. The Bertz CT molecular complexity index is 302. The molecule has 0 bridgehead atoms. The molecule has 1 aromatic carbocycles. The van der Waals surface area contributed by atoms with E-state index in [4.69, 9.17) is 0 Å². The van der Waals surface area contributed by atoms with Crippen LogP contribution in [0.4, 0.5) is 5.69 Å². The predicted molar refractivity (Wildman–Crippen MR) is 63.6 cm³/mol. The Hall–Kier alpha value is -0.900. The van der Waals surface area contributed by atoms with Crippen LogP contribution >= 0.6 is 17.0 Å². The number of rotatable bonds is 3. The quantitative estimate of drug-likeness (QED) is 0.579. The van der Waals surface area contributed by atoms with Gasteiger partial charge < -0.3 is 15.5 Å². The summed E-state index contributed by atoms with van der Waals surface area (Å²) >= 11 is 0. The average molecular weight is 262 g/mol. The minimum Gasteiger partial charge on any atom is -0.508 e. The third-order valence-corrected chi connectivity index (χ3v) is 1.92. The van der Waals surface area contributed by atoms with Gasteiger partial charge in [0.15, 0.2) is 0 Å². The molecule has 80 valence electrons. The zero-order valence-corrected chi connectivity index (χ0v) is 10.1. The molecule has 0 atom stereocenters. The van der Waals surface area contributed by atoms with Gasteiger partial charge in [-0.15, -0.1) is 17.0 Å². The molecule has 1 rings (SSSR count). The maximum Gasteiger partial charge on any atom is 0.142 e. The van der Waals surface area contributed by atoms with Gasteiger partial charge in [0, 0.05) is 12.6 Å². The van der Waals surface area contributed by atoms with E-state index >= 15 is 0 Å². The van der Waals surface area contributed by atoms with E-state index in [1.165, 1.54) is 6.07 Å². The molecule has 0 aromatic heterocycles. The number of phenolic OH excluding ortho intramolecular Hbond substituents is 2. The minimum atomic E-state index is 0. The Morgan fingerprint density at radius 3 is 2.36 bits per heavy atom. The van der Waals surface area contributed by atoms with Crippen LogP contribution in [0.2, 0.25) is 0 Å². The molecular formula is C10H16BrNO2. The molecule has 0 heterocycles. The lowest BCUT2D eigenvalue weighted by Gasteiger charge is -2.10. The Morgan fingerprint density at radius 1 is 1.21 bits per heavy atom. The van der Waals surface area contributed by atoms with Crippen LogP contribution in [0.5, 0.6) is 11.5 Å². The van der Waals surface area contributed by atoms with Crippen molar-refractivity contribution < 1.29 is 10.2 Å². The molecule has 0 aliphatic heterocycles. The number of nitrogens with one attached hydrogen (secondary N) is 1. The Kier molecular flexibility index (Phi) is 5.38. The summed E-state index contributed by atoms with van der Waals surface area (Å²) in [6, 6.07) is 3.11. The number of aromatic hydroxyl groups is 2. The molecule has 0 amide bonds. The van der Waals surface area contributed by atoms with Crippen LogP contribution in [0.1, 0.15) is 19.4 Å². The van der Waals surface area contributed by atoms with E-state index in [9.17, 15) is 10.2 Å². The fraction of sp³-hybridized carbons (Fsp3) is 0.400. The maximum absolute atomic E-state index is 9.67. The first-order chi connectivity index (χ1) is 6.19. The second-order valence-electron chi connectivity index (χ2n) is 2.88. The van der Waals surface area contributed by atoms with Gasteiger partial charge in [0.1, 0.15) is 11.5 Å². The van der Waals surface area contributed by atoms with Crippen LogP contribution in [0.3, 0.4) is 0 Å². The fourth-order valence-corrected chi connectivity index (χ4v) is 1.27. The van der Waals surface area contributed by atoms with Gasteiger partial charge in [-0.2, -0.15) is 0 Å². The van der Waals surface area contributed by atoms with Crippen molar-refractivity contribution in [3.05, 3.63) is 17.7 Å². The molecule has 0 saturated heterocycles. The standard InChI is InChI=1S/C10H15NO2.BrH/c1-3-7-5-8(12)6-9(10(7)13)11-4-2;/h5-6,11-13H,3-4H2,1-2H3;1H. The van der Waals surface area contributed by atoms with Crippen molar-refractivity contribution in [2.45, 2.75) is 20.3 Å². The molecule has 1 aromatic rings. The number of phenols is 2. The van der Waals surface area contributed by atoms with Crippen LogP contribution in [0.25, 0.3) is 0 Å². The van der Waals surface area contributed by atoms with Crippen LogP contribution < -0.4 is 5.32 Å². The van der Waals surface area contributed by atoms with Gasteiger partial charge >= 0.3 is 0 Å². The third kappa shape index (κ3) is 2.80. The number of anilines is 1. The highest BCUT2D eigenvalue weighted by Gasteiger charge is 2.06. The Labute approximate surface area is 94.5 Å². The summed E-state index contributed by atoms with van der Waals surface area (Å²) in [6.07, 6.45) is 0.707. The second kappa shape index (κ2) is 5.75. The highest BCUT2D eigenvalue weighted by Crippen LogP contribution is 2.32. The van der Waals surface area contributed by atoms with Crippen molar-refractivity contribution in [1.82, 2.24) is 0 Å². The van der Waals surface area contributed by atoms with E-state index in [0.29, 0.717) is 12.1 Å². The van der Waals surface area contributed by atoms with E-state index < -0.39 is 0 Å². The normalized spacial score (nSPS) is 9.29. The zero-order chi connectivity index (χ0) is 9.84. The third-order valence-electron chi connectivity index (χ3n) is 1.92. The van der Waals surface area contributed by atoms with Crippen LogP contribution in [-0.2, 0) is 6.42 Å². The molecule has 0 aliphatic carbocycles. The van der Waals surface area contributed by atoms with Crippen LogP contribution in [0, 0.1) is 0 Å². The monoisotopic (exact) mass is 261 g/mol. The number of halogens is 1. The first kappa shape index (κ1) is 13.1. The van der Waals surface area contributed by atoms with E-state index in [2.05, 4.69) is 5.32 Å². The molecule has 4 heteroatoms. The maximum atomic E-state index is 9.67. The molecule has 0 saturated carbocycles. The Morgan fingerprint density at radius 2 is 1.86 bits per heavy atom. The van der Waals surface area contributed by atoms with E-state index in [1.54, 1.807) is 6.07 Å². The van der Waals surface area contributed by atoms with Gasteiger partial charge in [0.25, 0.3) is 0 Å². The van der Waals surface area contributed by atoms with Gasteiger partial charge in [-0.1, -0.05) is 6.92 Å². The first-order valence-electron chi connectivity index (χ1n) is 4.47. The fourth-order valence-electron chi connectivity index (χ4n) is 1.27. The highest BCUT2D eigenvalue weighted by molar-refractivity contribution is 8.93. The largest absolute Gasteiger partial charge is 0.508 e. The van der Waals surface area contributed by atoms with Crippen molar-refractivity contribution >= 4 is 22.7 Å². The van der Waals surface area contributed by atoms with E-state index in [-0.39, 0.29) is 28.5 Å². The second-order valence-corrected chi connectivity index (χ2v) is 2.88. The molecule has 3 nitrogen and oxygen atoms in total. The minimum absolute atomic E-state index is 0. The van der Waals surface area contributed by atoms with Crippen molar-refractivity contribution in [3.8, 4) is 11.5 Å². The van der Waals surface area contributed by atoms with Crippen molar-refractivity contribution in [2.24, 2.45) is 0 Å². The SMILES string of the molecule is Br.CCNc1cc(O)cc(CC)c1O. The number of hydrogen-bond donors (Lipinski definition) is 3. The number of benzene rings is 1. The van der Waals surface area contributed by atoms with E-state index in [0.717, 1.165) is 12.1 Å². The summed E-state index contributed by atoms with van der Waals surface area (Å²) in [6.45, 7) is 4.60. The lowest BCUT2D eigenvalue weighted by atomic mass is 10.1. The van der Waals surface area contributed by atoms with Gasteiger partial charge in [-0.05, 0) is 25.0 Å². The molecule has 0 spiro atoms. The van der Waals surface area contributed by atoms with Gasteiger partial charge in [0.2, 0.25) is 0 Å². The average Bonchev–Trinajstić information content (AvgIpc) is 2.11. The molecule has 14 heavy (non-hydrogen) atoms. The molecular weight excluding hydrogens is 246 g/mol. The van der Waals surface area contributed by atoms with E-state index in [1.807, 2.05) is 13.8 Å². The summed E-state index contributed by atoms with van der Waals surface area (Å²) in [4.78, 5) is 0. The lowest BCUT2D eigenvalue weighted by Crippen LogP contribution is -1.98. The summed E-state index contributed by atoms with van der Waals surface area (Å²) in [7, 11) is 0. The van der Waals surface area contributed by atoms with Crippen molar-refractivity contribution in [3.63, 3.8) is 0 Å². The van der Waals surface area contributed by atoms with Crippen molar-refractivity contribution in [2.75, 3.05) is 11.9 Å². The molecule has 0 unspecified atom stereocenters. The van der Waals surface area contributed by atoms with Gasteiger partial charge in [-0.3, -0.25) is 0 Å². The lowest BCUT2D eigenvalue weighted by molar-refractivity contribution is 0.456. The van der Waals surface area contributed by atoms with Crippen LogP contribution in [-0.4, -0.2) is 16.8 Å². The zero-order valence-electron chi connectivity index (χ0n) is 8.37. The van der Waals surface area contributed by atoms with Crippen molar-refractivity contribution in [1.29, 1.82) is 0 Å². The number of aryl methyl sites for hydroxylation is 1.